The van der Waals surface area contributed by atoms with Gasteiger partial charge in [0.05, 0.1) is 0 Å². The number of nitrogens with zero attached hydrogens (tertiary/aromatic N) is 2. The van der Waals surface area contributed by atoms with Crippen molar-refractivity contribution in [2.45, 2.75) is 38.1 Å². The van der Waals surface area contributed by atoms with Crippen LogP contribution in [0.1, 0.15) is 32.3 Å². The van der Waals surface area contributed by atoms with Crippen molar-refractivity contribution >= 4 is 5.91 Å². The first-order valence-corrected chi connectivity index (χ1v) is 8.84. The molecule has 1 N–H and O–H groups in total. The summed E-state index contributed by atoms with van der Waals surface area (Å²) in [4.78, 5) is 17.4. The molecule has 2 fully saturated rings. The molecule has 1 aromatic rings. The van der Waals surface area contributed by atoms with Gasteiger partial charge in [0.25, 0.3) is 0 Å². The second kappa shape index (κ2) is 7.02. The topological polar surface area (TPSA) is 35.6 Å². The van der Waals surface area contributed by atoms with E-state index in [1.165, 1.54) is 5.56 Å². The summed E-state index contributed by atoms with van der Waals surface area (Å²) in [5.74, 6) is 0.302. The molecule has 4 heteroatoms. The molecule has 0 aromatic heterocycles. The van der Waals surface area contributed by atoms with Gasteiger partial charge in [-0.2, -0.15) is 0 Å². The maximum Gasteiger partial charge on any atom is 0.223 e. The van der Waals surface area contributed by atoms with E-state index in [2.05, 4.69) is 53.2 Å². The van der Waals surface area contributed by atoms with Gasteiger partial charge in [0.1, 0.15) is 0 Å². The van der Waals surface area contributed by atoms with Gasteiger partial charge in [0.2, 0.25) is 5.91 Å². The van der Waals surface area contributed by atoms with Gasteiger partial charge in [-0.3, -0.25) is 9.69 Å². The van der Waals surface area contributed by atoms with Crippen LogP contribution in [-0.2, 0) is 10.2 Å². The molecule has 2 aliphatic heterocycles. The monoisotopic (exact) mass is 315 g/mol. The van der Waals surface area contributed by atoms with E-state index in [4.69, 9.17) is 0 Å². The molecule has 0 aliphatic carbocycles. The molecule has 1 atom stereocenters. The van der Waals surface area contributed by atoms with E-state index in [1.54, 1.807) is 0 Å². The predicted molar refractivity (Wildman–Crippen MR) is 93.5 cm³/mol. The van der Waals surface area contributed by atoms with Crippen molar-refractivity contribution in [2.24, 2.45) is 0 Å². The van der Waals surface area contributed by atoms with E-state index < -0.39 is 0 Å². The van der Waals surface area contributed by atoms with Crippen LogP contribution < -0.4 is 5.32 Å². The summed E-state index contributed by atoms with van der Waals surface area (Å²) in [6, 6.07) is 10.9. The summed E-state index contributed by atoms with van der Waals surface area (Å²) < 4.78 is 0. The maximum atomic E-state index is 12.8. The summed E-state index contributed by atoms with van der Waals surface area (Å²) >= 11 is 0. The Morgan fingerprint density at radius 3 is 2.57 bits per heavy atom. The van der Waals surface area contributed by atoms with Crippen molar-refractivity contribution in [2.75, 3.05) is 39.3 Å². The summed E-state index contributed by atoms with van der Waals surface area (Å²) in [5.41, 5.74) is 1.14. The molecule has 0 radical (unpaired) electrons. The van der Waals surface area contributed by atoms with Gasteiger partial charge >= 0.3 is 0 Å². The molecule has 1 aromatic carbocycles. The molecule has 3 rings (SSSR count). The summed E-state index contributed by atoms with van der Waals surface area (Å²) in [7, 11) is 0. The fraction of sp³-hybridized carbons (Fsp3) is 0.632. The van der Waals surface area contributed by atoms with Gasteiger partial charge < -0.3 is 10.2 Å². The van der Waals surface area contributed by atoms with Crippen molar-refractivity contribution in [1.82, 2.24) is 15.1 Å². The average Bonchev–Trinajstić information content (AvgIpc) is 3.06. The van der Waals surface area contributed by atoms with Crippen LogP contribution in [-0.4, -0.2) is 61.0 Å². The minimum Gasteiger partial charge on any atom is -0.341 e. The van der Waals surface area contributed by atoms with Crippen LogP contribution in [0.4, 0.5) is 0 Å². The standard InChI is InChI=1S/C19H29N3O/c1-19(2,16-6-4-3-5-7-16)14-18(23)22-11-8-17(15-22)21-12-9-20-10-13-21/h3-7,17,20H,8-15H2,1-2H3. The summed E-state index contributed by atoms with van der Waals surface area (Å²) in [6.07, 6.45) is 1.71. The number of amides is 1. The highest BCUT2D eigenvalue weighted by molar-refractivity contribution is 5.78. The van der Waals surface area contributed by atoms with Gasteiger partial charge in [0.15, 0.2) is 0 Å². The number of hydrogen-bond donors (Lipinski definition) is 1. The Morgan fingerprint density at radius 1 is 1.17 bits per heavy atom. The summed E-state index contributed by atoms with van der Waals surface area (Å²) in [5, 5.41) is 3.40. The Balaban J connectivity index is 1.56. The second-order valence-corrected chi connectivity index (χ2v) is 7.49. The van der Waals surface area contributed by atoms with Crippen molar-refractivity contribution in [3.8, 4) is 0 Å². The molecule has 0 spiro atoms. The second-order valence-electron chi connectivity index (χ2n) is 7.49. The summed E-state index contributed by atoms with van der Waals surface area (Å²) in [6.45, 7) is 10.5. The Labute approximate surface area is 139 Å². The smallest absolute Gasteiger partial charge is 0.223 e. The van der Waals surface area contributed by atoms with Crippen LogP contribution in [0.25, 0.3) is 0 Å². The molecule has 4 nitrogen and oxygen atoms in total. The number of piperazine rings is 1. The normalized spacial score (nSPS) is 23.2. The Bertz CT molecular complexity index is 523. The minimum absolute atomic E-state index is 0.106. The molecule has 23 heavy (non-hydrogen) atoms. The van der Waals surface area contributed by atoms with Gasteiger partial charge in [-0.1, -0.05) is 44.2 Å². The molecular weight excluding hydrogens is 286 g/mol. The zero-order valence-electron chi connectivity index (χ0n) is 14.4. The molecule has 1 amide bonds. The first-order chi connectivity index (χ1) is 11.1. The van der Waals surface area contributed by atoms with Crippen LogP contribution in [0.3, 0.4) is 0 Å². The quantitative estimate of drug-likeness (QED) is 0.921. The fourth-order valence-electron chi connectivity index (χ4n) is 3.79. The number of carbonyl (C=O) groups is 1. The Morgan fingerprint density at radius 2 is 1.87 bits per heavy atom. The third-order valence-electron chi connectivity index (χ3n) is 5.33. The van der Waals surface area contributed by atoms with Crippen LogP contribution in [0.5, 0.6) is 0 Å². The van der Waals surface area contributed by atoms with Gasteiger partial charge in [-0.25, -0.2) is 0 Å². The molecule has 0 bridgehead atoms. The van der Waals surface area contributed by atoms with E-state index in [0.29, 0.717) is 18.4 Å². The highest BCUT2D eigenvalue weighted by atomic mass is 16.2. The first-order valence-electron chi connectivity index (χ1n) is 8.84. The Hall–Kier alpha value is -1.39. The molecular formula is C19H29N3O. The molecule has 2 saturated heterocycles. The lowest BCUT2D eigenvalue weighted by Gasteiger charge is -2.33. The average molecular weight is 315 g/mol. The minimum atomic E-state index is -0.106. The molecule has 1 unspecified atom stereocenters. The molecule has 126 valence electrons. The number of likely N-dealkylation sites (tertiary alicyclic amines) is 1. The van der Waals surface area contributed by atoms with E-state index in [0.717, 1.165) is 45.7 Å². The first kappa shape index (κ1) is 16.5. The van der Waals surface area contributed by atoms with Gasteiger partial charge in [-0.15, -0.1) is 0 Å². The number of carbonyl (C=O) groups excluding carboxylic acids is 1. The highest BCUT2D eigenvalue weighted by Crippen LogP contribution is 2.28. The molecule has 2 heterocycles. The van der Waals surface area contributed by atoms with Crippen LogP contribution in [0.15, 0.2) is 30.3 Å². The van der Waals surface area contributed by atoms with Crippen molar-refractivity contribution in [3.05, 3.63) is 35.9 Å². The van der Waals surface area contributed by atoms with Crippen LogP contribution in [0.2, 0.25) is 0 Å². The van der Waals surface area contributed by atoms with Crippen molar-refractivity contribution in [1.29, 1.82) is 0 Å². The van der Waals surface area contributed by atoms with E-state index in [9.17, 15) is 4.79 Å². The Kier molecular flexibility index (Phi) is 5.02. The maximum absolute atomic E-state index is 12.8. The predicted octanol–water partition coefficient (Wildman–Crippen LogP) is 1.86. The van der Waals surface area contributed by atoms with Crippen molar-refractivity contribution < 1.29 is 4.79 Å². The molecule has 2 aliphatic rings. The van der Waals surface area contributed by atoms with Crippen LogP contribution >= 0.6 is 0 Å². The SMILES string of the molecule is CC(C)(CC(=O)N1CCC(N2CCNCC2)C1)c1ccccc1. The van der Waals surface area contributed by atoms with Gasteiger partial charge in [0, 0.05) is 51.7 Å². The lowest BCUT2D eigenvalue weighted by molar-refractivity contribution is -0.131. The highest BCUT2D eigenvalue weighted by Gasteiger charge is 2.33. The van der Waals surface area contributed by atoms with E-state index >= 15 is 0 Å². The molecule has 0 saturated carbocycles. The zero-order valence-corrected chi connectivity index (χ0v) is 14.4. The largest absolute Gasteiger partial charge is 0.341 e. The third kappa shape index (κ3) is 3.93. The van der Waals surface area contributed by atoms with Crippen molar-refractivity contribution in [3.63, 3.8) is 0 Å². The zero-order chi connectivity index (χ0) is 16.3. The lowest BCUT2D eigenvalue weighted by atomic mass is 9.81. The number of nitrogens with one attached hydrogen (secondary N) is 1. The van der Waals surface area contributed by atoms with Crippen LogP contribution in [0, 0.1) is 0 Å². The number of hydrogen-bond acceptors (Lipinski definition) is 3. The lowest BCUT2D eigenvalue weighted by Crippen LogP contribution is -2.49. The number of rotatable bonds is 4. The fourth-order valence-corrected chi connectivity index (χ4v) is 3.79. The third-order valence-corrected chi connectivity index (χ3v) is 5.33. The van der Waals surface area contributed by atoms with E-state index in [-0.39, 0.29) is 5.41 Å². The van der Waals surface area contributed by atoms with Gasteiger partial charge in [-0.05, 0) is 17.4 Å². The number of benzene rings is 1. The van der Waals surface area contributed by atoms with E-state index in [1.807, 2.05) is 6.07 Å².